The maximum absolute atomic E-state index is 13.0. The van der Waals surface area contributed by atoms with E-state index in [0.717, 1.165) is 21.5 Å². The van der Waals surface area contributed by atoms with Crippen molar-refractivity contribution in [1.29, 1.82) is 0 Å². The van der Waals surface area contributed by atoms with Crippen LogP contribution in [0, 0.1) is 13.8 Å². The third kappa shape index (κ3) is 2.87. The Kier molecular flexibility index (Phi) is 4.19. The van der Waals surface area contributed by atoms with Gasteiger partial charge in [0.15, 0.2) is 0 Å². The zero-order valence-corrected chi connectivity index (χ0v) is 15.8. The number of hydrogen-bond donors (Lipinski definition) is 0. The zero-order chi connectivity index (χ0) is 19.1. The molecule has 0 amide bonds. The molecular weight excluding hydrogens is 364 g/mol. The minimum atomic E-state index is -0.446. The number of aromatic nitrogens is 4. The van der Waals surface area contributed by atoms with Crippen LogP contribution in [0.5, 0.6) is 0 Å². The lowest BCUT2D eigenvalue weighted by atomic mass is 10.1. The molecule has 8 heteroatoms. The predicted molar refractivity (Wildman–Crippen MR) is 104 cm³/mol. The number of ether oxygens (including phenoxy) is 1. The van der Waals surface area contributed by atoms with Gasteiger partial charge in [-0.25, -0.2) is 9.78 Å². The lowest BCUT2D eigenvalue weighted by Gasteiger charge is -2.06. The molecular formula is C19H16N4O3S. The minimum absolute atomic E-state index is 0.280. The molecule has 4 aromatic rings. The average Bonchev–Trinajstić information content (AvgIpc) is 3.02. The minimum Gasteiger partial charge on any atom is -0.462 e. The van der Waals surface area contributed by atoms with Crippen molar-refractivity contribution in [3.63, 3.8) is 0 Å². The summed E-state index contributed by atoms with van der Waals surface area (Å²) in [5, 5.41) is 9.22. The highest BCUT2D eigenvalue weighted by atomic mass is 32.1. The third-order valence-electron chi connectivity index (χ3n) is 4.18. The average molecular weight is 380 g/mol. The van der Waals surface area contributed by atoms with E-state index in [0.29, 0.717) is 21.5 Å². The molecule has 0 saturated heterocycles. The SMILES string of the molecule is CCOC(=O)c1cccc(-n2nnc3c(sc4nc(C)cc(C)c43)c2=O)c1. The molecule has 1 aromatic carbocycles. The number of carbonyl (C=O) groups excluding carboxylic acids is 1. The molecule has 0 spiro atoms. The van der Waals surface area contributed by atoms with Gasteiger partial charge in [0, 0.05) is 11.1 Å². The summed E-state index contributed by atoms with van der Waals surface area (Å²) in [7, 11) is 0. The highest BCUT2D eigenvalue weighted by Crippen LogP contribution is 2.31. The van der Waals surface area contributed by atoms with E-state index >= 15 is 0 Å². The van der Waals surface area contributed by atoms with Crippen LogP contribution in [0.15, 0.2) is 35.1 Å². The number of carbonyl (C=O) groups is 1. The van der Waals surface area contributed by atoms with Crippen molar-refractivity contribution in [3.8, 4) is 5.69 Å². The Bertz CT molecular complexity index is 1260. The monoisotopic (exact) mass is 380 g/mol. The van der Waals surface area contributed by atoms with E-state index in [1.54, 1.807) is 31.2 Å². The van der Waals surface area contributed by atoms with Crippen molar-refractivity contribution >= 4 is 37.7 Å². The van der Waals surface area contributed by atoms with E-state index in [2.05, 4.69) is 15.3 Å². The number of aryl methyl sites for hydroxylation is 2. The molecule has 3 aromatic heterocycles. The van der Waals surface area contributed by atoms with Gasteiger partial charge < -0.3 is 4.74 Å². The summed E-state index contributed by atoms with van der Waals surface area (Å²) in [6.45, 7) is 5.91. The van der Waals surface area contributed by atoms with Gasteiger partial charge >= 0.3 is 5.97 Å². The number of benzene rings is 1. The lowest BCUT2D eigenvalue weighted by Crippen LogP contribution is -2.22. The summed E-state index contributed by atoms with van der Waals surface area (Å²) in [5.41, 5.74) is 2.98. The Morgan fingerprint density at radius 2 is 2.07 bits per heavy atom. The van der Waals surface area contributed by atoms with Crippen molar-refractivity contribution in [1.82, 2.24) is 20.0 Å². The van der Waals surface area contributed by atoms with E-state index in [4.69, 9.17) is 4.74 Å². The third-order valence-corrected chi connectivity index (χ3v) is 5.25. The summed E-state index contributed by atoms with van der Waals surface area (Å²) in [6, 6.07) is 8.55. The number of fused-ring (bicyclic) bond motifs is 3. The largest absolute Gasteiger partial charge is 0.462 e. The van der Waals surface area contributed by atoms with Gasteiger partial charge in [0.05, 0.1) is 17.9 Å². The molecule has 0 unspecified atom stereocenters. The van der Waals surface area contributed by atoms with Crippen LogP contribution in [0.25, 0.3) is 26.1 Å². The van der Waals surface area contributed by atoms with Crippen LogP contribution >= 0.6 is 11.3 Å². The second-order valence-corrected chi connectivity index (χ2v) is 7.12. The Morgan fingerprint density at radius 1 is 1.26 bits per heavy atom. The van der Waals surface area contributed by atoms with Crippen molar-refractivity contribution < 1.29 is 9.53 Å². The highest BCUT2D eigenvalue weighted by molar-refractivity contribution is 7.25. The number of esters is 1. The van der Waals surface area contributed by atoms with Gasteiger partial charge in [-0.1, -0.05) is 11.3 Å². The fourth-order valence-corrected chi connectivity index (χ4v) is 4.19. The topological polar surface area (TPSA) is 87.0 Å². The fourth-order valence-electron chi connectivity index (χ4n) is 3.04. The molecule has 27 heavy (non-hydrogen) atoms. The first kappa shape index (κ1) is 17.3. The van der Waals surface area contributed by atoms with Crippen molar-refractivity contribution in [2.24, 2.45) is 0 Å². The second kappa shape index (κ2) is 6.55. The van der Waals surface area contributed by atoms with Gasteiger partial charge in [0.25, 0.3) is 5.56 Å². The standard InChI is InChI=1S/C19H16N4O3S/c1-4-26-19(25)12-6-5-7-13(9-12)23-18(24)16-15(21-22-23)14-10(2)8-11(3)20-17(14)27-16/h5-9H,4H2,1-3H3. The molecule has 0 fully saturated rings. The van der Waals surface area contributed by atoms with Crippen LogP contribution in [0.1, 0.15) is 28.5 Å². The predicted octanol–water partition coefficient (Wildman–Crippen LogP) is 3.18. The quantitative estimate of drug-likeness (QED) is 0.507. The number of thiophene rings is 1. The molecule has 3 heterocycles. The first-order valence-corrected chi connectivity index (χ1v) is 9.25. The molecule has 0 atom stereocenters. The van der Waals surface area contributed by atoms with Gasteiger partial charge in [-0.2, -0.15) is 4.68 Å². The molecule has 7 nitrogen and oxygen atoms in total. The first-order chi connectivity index (χ1) is 13.0. The second-order valence-electron chi connectivity index (χ2n) is 6.12. The summed E-state index contributed by atoms with van der Waals surface area (Å²) in [4.78, 5) is 30.3. The molecule has 0 bridgehead atoms. The van der Waals surface area contributed by atoms with Crippen LogP contribution in [0.3, 0.4) is 0 Å². The maximum atomic E-state index is 13.0. The van der Waals surface area contributed by atoms with Crippen LogP contribution in [-0.2, 0) is 4.74 Å². The van der Waals surface area contributed by atoms with E-state index in [-0.39, 0.29) is 12.2 Å². The molecule has 0 radical (unpaired) electrons. The fraction of sp³-hybridized carbons (Fsp3) is 0.211. The smallest absolute Gasteiger partial charge is 0.338 e. The summed E-state index contributed by atoms with van der Waals surface area (Å²) in [5.74, 6) is -0.446. The summed E-state index contributed by atoms with van der Waals surface area (Å²) in [6.07, 6.45) is 0. The molecule has 0 aliphatic heterocycles. The Morgan fingerprint density at radius 3 is 2.85 bits per heavy atom. The molecule has 4 rings (SSSR count). The van der Waals surface area contributed by atoms with Gasteiger partial charge in [0.2, 0.25) is 0 Å². The molecule has 0 saturated carbocycles. The molecule has 0 aliphatic carbocycles. The Balaban J connectivity index is 1.92. The number of hydrogen-bond acceptors (Lipinski definition) is 7. The molecule has 0 aliphatic rings. The van der Waals surface area contributed by atoms with Crippen molar-refractivity contribution in [2.45, 2.75) is 20.8 Å². The zero-order valence-electron chi connectivity index (χ0n) is 15.0. The maximum Gasteiger partial charge on any atom is 0.338 e. The number of pyridine rings is 1. The first-order valence-electron chi connectivity index (χ1n) is 8.43. The van der Waals surface area contributed by atoms with Crippen LogP contribution < -0.4 is 5.56 Å². The lowest BCUT2D eigenvalue weighted by molar-refractivity contribution is 0.0526. The van der Waals surface area contributed by atoms with E-state index in [9.17, 15) is 9.59 Å². The highest BCUT2D eigenvalue weighted by Gasteiger charge is 2.17. The van der Waals surface area contributed by atoms with Gasteiger partial charge in [-0.05, 0) is 50.6 Å². The van der Waals surface area contributed by atoms with E-state index < -0.39 is 5.97 Å². The Labute approximate surface area is 158 Å². The normalized spacial score (nSPS) is 11.2. The van der Waals surface area contributed by atoms with Crippen molar-refractivity contribution in [2.75, 3.05) is 6.61 Å². The summed E-state index contributed by atoms with van der Waals surface area (Å²) >= 11 is 1.31. The van der Waals surface area contributed by atoms with E-state index in [1.165, 1.54) is 16.0 Å². The van der Waals surface area contributed by atoms with Gasteiger partial charge in [-0.15, -0.1) is 16.4 Å². The summed E-state index contributed by atoms with van der Waals surface area (Å²) < 4.78 is 6.70. The van der Waals surface area contributed by atoms with Gasteiger partial charge in [0.1, 0.15) is 15.0 Å². The van der Waals surface area contributed by atoms with Crippen molar-refractivity contribution in [3.05, 3.63) is 57.5 Å². The number of rotatable bonds is 3. The Hall–Kier alpha value is -3.13. The van der Waals surface area contributed by atoms with Crippen LogP contribution in [-0.4, -0.2) is 32.6 Å². The van der Waals surface area contributed by atoms with Crippen LogP contribution in [0.2, 0.25) is 0 Å². The molecule has 0 N–H and O–H groups in total. The molecule has 136 valence electrons. The van der Waals surface area contributed by atoms with E-state index in [1.807, 2.05) is 19.9 Å². The van der Waals surface area contributed by atoms with Crippen LogP contribution in [0.4, 0.5) is 0 Å². The number of nitrogens with zero attached hydrogens (tertiary/aromatic N) is 4. The van der Waals surface area contributed by atoms with Gasteiger partial charge in [-0.3, -0.25) is 4.79 Å².